The molecule has 126 valence electrons. The summed E-state index contributed by atoms with van der Waals surface area (Å²) in [5, 5.41) is 4.95. The molecule has 0 spiro atoms. The van der Waals surface area contributed by atoms with Crippen LogP contribution in [0.2, 0.25) is 0 Å². The van der Waals surface area contributed by atoms with Crippen molar-refractivity contribution in [1.82, 2.24) is 0 Å². The molecule has 3 rings (SSSR count). The number of aliphatic imine (C=N–C) groups is 1. The Morgan fingerprint density at radius 1 is 1.00 bits per heavy atom. The molecule has 0 heterocycles. The van der Waals surface area contributed by atoms with Crippen molar-refractivity contribution in [3.63, 3.8) is 0 Å². The third-order valence-corrected chi connectivity index (χ3v) is 3.63. The molecule has 1 heteroatoms. The van der Waals surface area contributed by atoms with Crippen molar-refractivity contribution in [2.45, 2.75) is 41.0 Å². The highest BCUT2D eigenvalue weighted by atomic mass is 14.7. The number of rotatable bonds is 2. The van der Waals surface area contributed by atoms with Crippen LogP contribution in [-0.4, -0.2) is 6.21 Å². The van der Waals surface area contributed by atoms with Crippen LogP contribution in [0.1, 0.15) is 46.6 Å². The minimum atomic E-state index is 0.959. The smallest absolute Gasteiger partial charge is 0.0782 e. The van der Waals surface area contributed by atoms with E-state index in [0.717, 1.165) is 17.7 Å². The normalized spacial score (nSPS) is 11.9. The molecule has 0 bridgehead atoms. The van der Waals surface area contributed by atoms with Gasteiger partial charge in [0, 0.05) is 17.2 Å². The second-order valence-electron chi connectivity index (χ2n) is 4.76. The monoisotopic (exact) mass is 319 g/mol. The van der Waals surface area contributed by atoms with Crippen molar-refractivity contribution in [2.24, 2.45) is 4.99 Å². The first-order valence-electron chi connectivity index (χ1n) is 8.89. The fourth-order valence-corrected chi connectivity index (χ4v) is 2.79. The first-order valence-corrected chi connectivity index (χ1v) is 8.89. The van der Waals surface area contributed by atoms with Crippen molar-refractivity contribution >= 4 is 40.9 Å². The quantitative estimate of drug-likeness (QED) is 0.622. The molecule has 2 aromatic carbocycles. The highest BCUT2D eigenvalue weighted by Gasteiger charge is 2.09. The molecule has 0 amide bonds. The van der Waals surface area contributed by atoms with E-state index in [-0.39, 0.29) is 0 Å². The molecule has 1 nitrogen and oxygen atoms in total. The topological polar surface area (TPSA) is 12.4 Å². The molecule has 1 aliphatic rings. The van der Waals surface area contributed by atoms with Crippen LogP contribution in [-0.2, 0) is 0 Å². The van der Waals surface area contributed by atoms with Crippen LogP contribution in [0, 0.1) is 0 Å². The van der Waals surface area contributed by atoms with E-state index in [0.29, 0.717) is 0 Å². The van der Waals surface area contributed by atoms with E-state index in [2.05, 4.69) is 60.1 Å². The van der Waals surface area contributed by atoms with Gasteiger partial charge in [-0.2, -0.15) is 0 Å². The molecule has 24 heavy (non-hydrogen) atoms. The first kappa shape index (κ1) is 19.6. The van der Waals surface area contributed by atoms with E-state index >= 15 is 0 Å². The second kappa shape index (κ2) is 10.4. The molecule has 0 N–H and O–H groups in total. The van der Waals surface area contributed by atoms with Gasteiger partial charge in [0.1, 0.15) is 0 Å². The average Bonchev–Trinajstić information content (AvgIpc) is 2.92. The van der Waals surface area contributed by atoms with Crippen LogP contribution in [0.25, 0.3) is 29.0 Å². The lowest BCUT2D eigenvalue weighted by molar-refractivity contribution is 1.45. The molecule has 0 atom stereocenters. The summed E-state index contributed by atoms with van der Waals surface area (Å²) in [7, 11) is 0. The van der Waals surface area contributed by atoms with Crippen LogP contribution >= 0.6 is 0 Å². The fourth-order valence-electron chi connectivity index (χ4n) is 2.79. The molecule has 0 aromatic heterocycles. The molecule has 1 aliphatic carbocycles. The van der Waals surface area contributed by atoms with Crippen molar-refractivity contribution in [2.75, 3.05) is 0 Å². The maximum Gasteiger partial charge on any atom is 0.0782 e. The predicted molar refractivity (Wildman–Crippen MR) is 112 cm³/mol. The van der Waals surface area contributed by atoms with Gasteiger partial charge in [-0.15, -0.1) is 0 Å². The lowest BCUT2D eigenvalue weighted by Crippen LogP contribution is -2.28. The Bertz CT molecular complexity index is 852. The van der Waals surface area contributed by atoms with Gasteiger partial charge in [0.25, 0.3) is 0 Å². The minimum Gasteiger partial charge on any atom is -0.260 e. The van der Waals surface area contributed by atoms with Gasteiger partial charge in [0.15, 0.2) is 0 Å². The van der Waals surface area contributed by atoms with E-state index in [9.17, 15) is 0 Å². The Hall–Kier alpha value is -2.41. The van der Waals surface area contributed by atoms with Crippen LogP contribution in [0.4, 0.5) is 5.69 Å². The van der Waals surface area contributed by atoms with Crippen LogP contribution < -0.4 is 10.4 Å². The third kappa shape index (κ3) is 3.91. The van der Waals surface area contributed by atoms with Crippen LogP contribution in [0.5, 0.6) is 0 Å². The molecule has 0 saturated heterocycles. The molecule has 0 unspecified atom stereocenters. The van der Waals surface area contributed by atoms with Gasteiger partial charge in [-0.3, -0.25) is 4.99 Å². The van der Waals surface area contributed by atoms with Crippen molar-refractivity contribution in [1.29, 1.82) is 0 Å². The number of hydrogen-bond donors (Lipinski definition) is 0. The minimum absolute atomic E-state index is 0.959. The van der Waals surface area contributed by atoms with Crippen molar-refractivity contribution in [3.05, 3.63) is 59.0 Å². The molecule has 0 fully saturated rings. The van der Waals surface area contributed by atoms with E-state index in [1.165, 1.54) is 21.2 Å². The van der Waals surface area contributed by atoms with E-state index in [1.807, 2.05) is 46.9 Å². The second-order valence-corrected chi connectivity index (χ2v) is 4.76. The molecular weight excluding hydrogens is 290 g/mol. The fraction of sp³-hybridized carbons (Fsp3) is 0.261. The predicted octanol–water partition coefficient (Wildman–Crippen LogP) is 5.78. The zero-order valence-electron chi connectivity index (χ0n) is 15.6. The van der Waals surface area contributed by atoms with Crippen molar-refractivity contribution < 1.29 is 0 Å². The zero-order valence-corrected chi connectivity index (χ0v) is 15.6. The highest BCUT2D eigenvalue weighted by molar-refractivity contribution is 5.98. The maximum atomic E-state index is 4.59. The molecule has 0 saturated carbocycles. The Morgan fingerprint density at radius 3 is 2.29 bits per heavy atom. The SMILES string of the molecule is C=Cc1c(N=CC)c2ccccc2c2c1=CC=CCC=2.CC.CC. The van der Waals surface area contributed by atoms with Gasteiger partial charge in [0.05, 0.1) is 5.69 Å². The molecular formula is C23H29N. The average molecular weight is 319 g/mol. The molecule has 0 aliphatic heterocycles. The van der Waals surface area contributed by atoms with Gasteiger partial charge in [-0.25, -0.2) is 0 Å². The van der Waals surface area contributed by atoms with Gasteiger partial charge < -0.3 is 0 Å². The largest absolute Gasteiger partial charge is 0.260 e. The summed E-state index contributed by atoms with van der Waals surface area (Å²) >= 11 is 0. The number of nitrogens with zero attached hydrogens (tertiary/aromatic N) is 1. The zero-order chi connectivity index (χ0) is 17.9. The summed E-state index contributed by atoms with van der Waals surface area (Å²) in [5.74, 6) is 0. The third-order valence-electron chi connectivity index (χ3n) is 3.63. The standard InChI is InChI=1S/C19H17N.2C2H6/c1-3-14-15-10-6-5-7-11-16(15)17-12-8-9-13-18(17)19(14)20-4-2;2*1-2/h3-6,8-13H,1,7H2,2H3;2*1-2H3. The maximum absolute atomic E-state index is 4.59. The van der Waals surface area contributed by atoms with Gasteiger partial charge in [0.2, 0.25) is 0 Å². The Balaban J connectivity index is 0.000000671. The number of benzene rings is 2. The van der Waals surface area contributed by atoms with Crippen LogP contribution in [0.3, 0.4) is 0 Å². The summed E-state index contributed by atoms with van der Waals surface area (Å²) in [6.07, 6.45) is 13.4. The van der Waals surface area contributed by atoms with Crippen LogP contribution in [0.15, 0.2) is 48.0 Å². The number of allylic oxidation sites excluding steroid dienone is 2. The summed E-state index contributed by atoms with van der Waals surface area (Å²) in [4.78, 5) is 4.59. The molecule has 0 radical (unpaired) electrons. The summed E-state index contributed by atoms with van der Waals surface area (Å²) in [6, 6.07) is 8.46. The van der Waals surface area contributed by atoms with E-state index in [1.54, 1.807) is 0 Å². The summed E-state index contributed by atoms with van der Waals surface area (Å²) in [5.41, 5.74) is 2.12. The molecule has 2 aromatic rings. The van der Waals surface area contributed by atoms with E-state index < -0.39 is 0 Å². The lowest BCUT2D eigenvalue weighted by Gasteiger charge is -2.09. The van der Waals surface area contributed by atoms with Gasteiger partial charge >= 0.3 is 0 Å². The Morgan fingerprint density at radius 2 is 1.67 bits per heavy atom. The Labute approximate surface area is 146 Å². The Kier molecular flexibility index (Phi) is 8.49. The number of hydrogen-bond acceptors (Lipinski definition) is 1. The lowest BCUT2D eigenvalue weighted by atomic mass is 9.98. The summed E-state index contributed by atoms with van der Waals surface area (Å²) < 4.78 is 0. The summed E-state index contributed by atoms with van der Waals surface area (Å²) in [6.45, 7) is 13.9. The van der Waals surface area contributed by atoms with Gasteiger partial charge in [-0.1, -0.05) is 88.9 Å². The van der Waals surface area contributed by atoms with Crippen molar-refractivity contribution in [3.8, 4) is 0 Å². The first-order chi connectivity index (χ1) is 11.9. The highest BCUT2D eigenvalue weighted by Crippen LogP contribution is 2.26. The van der Waals surface area contributed by atoms with E-state index in [4.69, 9.17) is 0 Å². The van der Waals surface area contributed by atoms with Gasteiger partial charge in [-0.05, 0) is 29.2 Å². The number of fused-ring (bicyclic) bond motifs is 3.